The summed E-state index contributed by atoms with van der Waals surface area (Å²) < 4.78 is 0. The largest absolute Gasteiger partial charge is 0.480 e. The maximum absolute atomic E-state index is 11.7. The minimum atomic E-state index is -0.969. The van der Waals surface area contributed by atoms with Crippen LogP contribution in [0.1, 0.15) is 52.4 Å². The van der Waals surface area contributed by atoms with E-state index in [4.69, 9.17) is 5.11 Å². The number of amides is 2. The summed E-state index contributed by atoms with van der Waals surface area (Å²) in [7, 11) is 0. The van der Waals surface area contributed by atoms with Crippen LogP contribution in [-0.4, -0.2) is 29.7 Å². The van der Waals surface area contributed by atoms with Crippen molar-refractivity contribution in [3.8, 4) is 0 Å². The van der Waals surface area contributed by atoms with Crippen LogP contribution in [0.2, 0.25) is 0 Å². The van der Waals surface area contributed by atoms with Gasteiger partial charge in [-0.1, -0.05) is 39.5 Å². The Morgan fingerprint density at radius 1 is 1.32 bits per heavy atom. The van der Waals surface area contributed by atoms with Crippen LogP contribution >= 0.6 is 0 Å². The Balaban J connectivity index is 2.31. The molecule has 0 aromatic heterocycles. The zero-order valence-electron chi connectivity index (χ0n) is 11.9. The van der Waals surface area contributed by atoms with E-state index in [1.807, 2.05) is 6.92 Å². The zero-order chi connectivity index (χ0) is 14.3. The lowest BCUT2D eigenvalue weighted by Crippen LogP contribution is -2.47. The lowest BCUT2D eigenvalue weighted by Gasteiger charge is -2.29. The van der Waals surface area contributed by atoms with Crippen molar-refractivity contribution in [2.45, 2.75) is 58.4 Å². The van der Waals surface area contributed by atoms with Gasteiger partial charge in [-0.05, 0) is 24.7 Å². The van der Waals surface area contributed by atoms with E-state index in [0.29, 0.717) is 24.8 Å². The molecule has 5 heteroatoms. The highest BCUT2D eigenvalue weighted by molar-refractivity contribution is 5.82. The summed E-state index contributed by atoms with van der Waals surface area (Å²) in [6.45, 7) is 4.77. The van der Waals surface area contributed by atoms with Gasteiger partial charge in [-0.15, -0.1) is 0 Å². The first-order valence-electron chi connectivity index (χ1n) is 7.31. The second kappa shape index (κ2) is 8.02. The van der Waals surface area contributed by atoms with Crippen LogP contribution in [0.15, 0.2) is 0 Å². The molecule has 1 fully saturated rings. The van der Waals surface area contributed by atoms with Crippen molar-refractivity contribution in [1.29, 1.82) is 0 Å². The summed E-state index contributed by atoms with van der Waals surface area (Å²) >= 11 is 0. The highest BCUT2D eigenvalue weighted by Crippen LogP contribution is 2.28. The summed E-state index contributed by atoms with van der Waals surface area (Å²) in [5.74, 6) is 0.192. The van der Waals surface area contributed by atoms with Gasteiger partial charge in [0.25, 0.3) is 0 Å². The summed E-state index contributed by atoms with van der Waals surface area (Å²) in [5.41, 5.74) is 0. The molecule has 2 amide bonds. The van der Waals surface area contributed by atoms with E-state index in [9.17, 15) is 9.59 Å². The summed E-state index contributed by atoms with van der Waals surface area (Å²) in [6, 6.07) is -1.15. The average Bonchev–Trinajstić information content (AvgIpc) is 2.37. The first-order chi connectivity index (χ1) is 9.04. The molecule has 0 radical (unpaired) electrons. The van der Waals surface area contributed by atoms with Gasteiger partial charge >= 0.3 is 12.0 Å². The molecular weight excluding hydrogens is 244 g/mol. The van der Waals surface area contributed by atoms with Gasteiger partial charge in [0.05, 0.1) is 0 Å². The van der Waals surface area contributed by atoms with Crippen molar-refractivity contribution in [2.75, 3.05) is 6.54 Å². The molecule has 110 valence electrons. The number of carbonyl (C=O) groups is 2. The van der Waals surface area contributed by atoms with Gasteiger partial charge in [0.2, 0.25) is 0 Å². The Bertz CT molecular complexity index is 307. The molecule has 3 unspecified atom stereocenters. The first kappa shape index (κ1) is 15.8. The summed E-state index contributed by atoms with van der Waals surface area (Å²) in [5, 5.41) is 14.3. The summed E-state index contributed by atoms with van der Waals surface area (Å²) in [4.78, 5) is 22.6. The predicted molar refractivity (Wildman–Crippen MR) is 74.0 cm³/mol. The standard InChI is InChI=1S/C14H26N2O3/c1-3-6-12(13(17)18)16-14(19)15-9-11-8-5-4-7-10(11)2/h10-12H,3-9H2,1-2H3,(H,17,18)(H2,15,16,19). The molecule has 19 heavy (non-hydrogen) atoms. The fourth-order valence-electron chi connectivity index (χ4n) is 2.68. The van der Waals surface area contributed by atoms with Crippen molar-refractivity contribution < 1.29 is 14.7 Å². The smallest absolute Gasteiger partial charge is 0.326 e. The Kier molecular flexibility index (Phi) is 6.67. The van der Waals surface area contributed by atoms with E-state index in [2.05, 4.69) is 17.6 Å². The maximum atomic E-state index is 11.7. The van der Waals surface area contributed by atoms with E-state index in [1.54, 1.807) is 0 Å². The second-order valence-electron chi connectivity index (χ2n) is 5.56. The zero-order valence-corrected chi connectivity index (χ0v) is 11.9. The van der Waals surface area contributed by atoms with E-state index < -0.39 is 12.0 Å². The van der Waals surface area contributed by atoms with Crippen molar-refractivity contribution in [3.63, 3.8) is 0 Å². The third-order valence-corrected chi connectivity index (χ3v) is 3.99. The molecule has 0 saturated heterocycles. The predicted octanol–water partition coefficient (Wildman–Crippen LogP) is 2.37. The van der Waals surface area contributed by atoms with Crippen LogP contribution in [0.25, 0.3) is 0 Å². The van der Waals surface area contributed by atoms with Crippen molar-refractivity contribution in [2.24, 2.45) is 11.8 Å². The normalized spacial score (nSPS) is 24.5. The van der Waals surface area contributed by atoms with Crippen LogP contribution in [0, 0.1) is 11.8 Å². The molecule has 0 aliphatic heterocycles. The van der Waals surface area contributed by atoms with Crippen LogP contribution in [0.3, 0.4) is 0 Å². The van der Waals surface area contributed by atoms with E-state index >= 15 is 0 Å². The monoisotopic (exact) mass is 270 g/mol. The molecule has 3 atom stereocenters. The molecular formula is C14H26N2O3. The third-order valence-electron chi connectivity index (χ3n) is 3.99. The second-order valence-corrected chi connectivity index (χ2v) is 5.56. The molecule has 0 aromatic rings. The van der Waals surface area contributed by atoms with Crippen molar-refractivity contribution in [3.05, 3.63) is 0 Å². The Labute approximate surface area is 115 Å². The number of urea groups is 1. The van der Waals surface area contributed by atoms with E-state index in [0.717, 1.165) is 12.8 Å². The van der Waals surface area contributed by atoms with Gasteiger partial charge in [-0.25, -0.2) is 9.59 Å². The maximum Gasteiger partial charge on any atom is 0.326 e. The van der Waals surface area contributed by atoms with Gasteiger partial charge in [0.15, 0.2) is 0 Å². The summed E-state index contributed by atoms with van der Waals surface area (Å²) in [6.07, 6.45) is 6.08. The Morgan fingerprint density at radius 2 is 2.00 bits per heavy atom. The number of carboxylic acid groups (broad SMARTS) is 1. The highest BCUT2D eigenvalue weighted by atomic mass is 16.4. The topological polar surface area (TPSA) is 78.4 Å². The molecule has 1 aliphatic rings. The molecule has 0 spiro atoms. The fourth-order valence-corrected chi connectivity index (χ4v) is 2.68. The highest BCUT2D eigenvalue weighted by Gasteiger charge is 2.23. The van der Waals surface area contributed by atoms with E-state index in [1.165, 1.54) is 19.3 Å². The van der Waals surface area contributed by atoms with Gasteiger partial charge in [0.1, 0.15) is 6.04 Å². The average molecular weight is 270 g/mol. The van der Waals surface area contributed by atoms with Crippen LogP contribution in [0.5, 0.6) is 0 Å². The minimum Gasteiger partial charge on any atom is -0.480 e. The van der Waals surface area contributed by atoms with Crippen molar-refractivity contribution in [1.82, 2.24) is 10.6 Å². The number of hydrogen-bond acceptors (Lipinski definition) is 2. The number of hydrogen-bond donors (Lipinski definition) is 3. The van der Waals surface area contributed by atoms with Gasteiger partial charge in [-0.2, -0.15) is 0 Å². The Morgan fingerprint density at radius 3 is 2.58 bits per heavy atom. The number of carbonyl (C=O) groups excluding carboxylic acids is 1. The van der Waals surface area contributed by atoms with Crippen molar-refractivity contribution >= 4 is 12.0 Å². The number of nitrogens with one attached hydrogen (secondary N) is 2. The molecule has 3 N–H and O–H groups in total. The first-order valence-corrected chi connectivity index (χ1v) is 7.31. The quantitative estimate of drug-likeness (QED) is 0.693. The van der Waals surface area contributed by atoms with Gasteiger partial charge in [0, 0.05) is 6.54 Å². The number of carboxylic acids is 1. The molecule has 1 rings (SSSR count). The lowest BCUT2D eigenvalue weighted by atomic mass is 9.80. The van der Waals surface area contributed by atoms with Crippen LogP contribution < -0.4 is 10.6 Å². The number of rotatable bonds is 6. The molecule has 0 aromatic carbocycles. The number of aliphatic carboxylic acids is 1. The van der Waals surface area contributed by atoms with Gasteiger partial charge < -0.3 is 15.7 Å². The van der Waals surface area contributed by atoms with Crippen LogP contribution in [-0.2, 0) is 4.79 Å². The van der Waals surface area contributed by atoms with E-state index in [-0.39, 0.29) is 6.03 Å². The SMILES string of the molecule is CCCC(NC(=O)NCC1CCCCC1C)C(=O)O. The lowest BCUT2D eigenvalue weighted by molar-refractivity contribution is -0.139. The Hall–Kier alpha value is -1.26. The van der Waals surface area contributed by atoms with Gasteiger partial charge in [-0.3, -0.25) is 0 Å². The molecule has 1 aliphatic carbocycles. The van der Waals surface area contributed by atoms with Crippen LogP contribution in [0.4, 0.5) is 4.79 Å². The molecule has 5 nitrogen and oxygen atoms in total. The minimum absolute atomic E-state index is 0.362. The third kappa shape index (κ3) is 5.49. The fraction of sp³-hybridized carbons (Fsp3) is 0.857. The molecule has 0 bridgehead atoms. The molecule has 1 saturated carbocycles. The molecule has 0 heterocycles.